The van der Waals surface area contributed by atoms with Gasteiger partial charge in [-0.25, -0.2) is 0 Å². The standard InChI is InChI=1S/C15H24BrNOS/c1-5-6-7-8-15(3,4)10-17-14(18)12-9-11(2)13(16)19-12/h9H,5-8,10H2,1-4H3,(H,17,18). The maximum atomic E-state index is 12.1. The number of aryl methyl sites for hydroxylation is 1. The van der Waals surface area contributed by atoms with E-state index in [1.165, 1.54) is 30.6 Å². The Morgan fingerprint density at radius 3 is 2.63 bits per heavy atom. The van der Waals surface area contributed by atoms with E-state index < -0.39 is 0 Å². The van der Waals surface area contributed by atoms with Crippen LogP contribution in [-0.2, 0) is 0 Å². The van der Waals surface area contributed by atoms with Crippen molar-refractivity contribution in [3.63, 3.8) is 0 Å². The van der Waals surface area contributed by atoms with Crippen molar-refractivity contribution < 1.29 is 4.79 Å². The summed E-state index contributed by atoms with van der Waals surface area (Å²) in [5.74, 6) is 0.0439. The van der Waals surface area contributed by atoms with Crippen LogP contribution in [-0.4, -0.2) is 12.5 Å². The maximum absolute atomic E-state index is 12.1. The van der Waals surface area contributed by atoms with E-state index in [9.17, 15) is 4.79 Å². The van der Waals surface area contributed by atoms with Gasteiger partial charge in [0.25, 0.3) is 5.91 Å². The minimum atomic E-state index is 0.0439. The van der Waals surface area contributed by atoms with Gasteiger partial charge in [-0.05, 0) is 46.3 Å². The molecule has 0 fully saturated rings. The third kappa shape index (κ3) is 5.65. The largest absolute Gasteiger partial charge is 0.351 e. The number of hydrogen-bond donors (Lipinski definition) is 1. The summed E-state index contributed by atoms with van der Waals surface area (Å²) >= 11 is 4.95. The average molecular weight is 346 g/mol. The fourth-order valence-corrected chi connectivity index (χ4v) is 3.37. The molecule has 2 nitrogen and oxygen atoms in total. The van der Waals surface area contributed by atoms with E-state index in [0.717, 1.165) is 27.2 Å². The van der Waals surface area contributed by atoms with Crippen molar-refractivity contribution in [3.8, 4) is 0 Å². The van der Waals surface area contributed by atoms with Crippen LogP contribution in [0.15, 0.2) is 9.85 Å². The molecule has 0 bridgehead atoms. The number of hydrogen-bond acceptors (Lipinski definition) is 2. The Bertz CT molecular complexity index is 406. The highest BCUT2D eigenvalue weighted by molar-refractivity contribution is 9.11. The average Bonchev–Trinajstić information content (AvgIpc) is 2.67. The summed E-state index contributed by atoms with van der Waals surface area (Å²) in [6, 6.07) is 1.94. The molecule has 0 radical (unpaired) electrons. The molecule has 1 N–H and O–H groups in total. The minimum Gasteiger partial charge on any atom is -0.351 e. The van der Waals surface area contributed by atoms with Gasteiger partial charge in [0.05, 0.1) is 8.66 Å². The van der Waals surface area contributed by atoms with Crippen LogP contribution < -0.4 is 5.32 Å². The number of rotatable bonds is 7. The normalized spacial score (nSPS) is 11.6. The van der Waals surface area contributed by atoms with Crippen LogP contribution >= 0.6 is 27.3 Å². The number of unbranched alkanes of at least 4 members (excludes halogenated alkanes) is 2. The summed E-state index contributed by atoms with van der Waals surface area (Å²) < 4.78 is 1.04. The Labute approximate surface area is 129 Å². The second kappa shape index (κ2) is 7.44. The molecule has 4 heteroatoms. The fraction of sp³-hybridized carbons (Fsp3) is 0.667. The van der Waals surface area contributed by atoms with Crippen molar-refractivity contribution in [1.29, 1.82) is 0 Å². The summed E-state index contributed by atoms with van der Waals surface area (Å²) in [7, 11) is 0. The molecule has 1 rings (SSSR count). The topological polar surface area (TPSA) is 29.1 Å². The van der Waals surface area contributed by atoms with Crippen molar-refractivity contribution in [1.82, 2.24) is 5.32 Å². The van der Waals surface area contributed by atoms with E-state index in [0.29, 0.717) is 0 Å². The number of carbonyl (C=O) groups is 1. The van der Waals surface area contributed by atoms with Crippen LogP contribution in [0.4, 0.5) is 0 Å². The fourth-order valence-electron chi connectivity index (χ4n) is 1.92. The molecule has 1 heterocycles. The van der Waals surface area contributed by atoms with Gasteiger partial charge in [-0.2, -0.15) is 0 Å². The molecule has 0 saturated carbocycles. The molecule has 1 aromatic heterocycles. The second-order valence-corrected chi connectivity index (χ2v) is 8.24. The molecule has 0 atom stereocenters. The Kier molecular flexibility index (Phi) is 6.54. The Hall–Kier alpha value is -0.350. The molecule has 19 heavy (non-hydrogen) atoms. The number of amides is 1. The van der Waals surface area contributed by atoms with Gasteiger partial charge in [0, 0.05) is 6.54 Å². The Morgan fingerprint density at radius 2 is 2.11 bits per heavy atom. The summed E-state index contributed by atoms with van der Waals surface area (Å²) in [5, 5.41) is 3.06. The lowest BCUT2D eigenvalue weighted by Crippen LogP contribution is -2.33. The Morgan fingerprint density at radius 1 is 1.42 bits per heavy atom. The van der Waals surface area contributed by atoms with Gasteiger partial charge >= 0.3 is 0 Å². The zero-order chi connectivity index (χ0) is 14.5. The summed E-state index contributed by atoms with van der Waals surface area (Å²) in [5.41, 5.74) is 1.30. The number of halogens is 1. The van der Waals surface area contributed by atoms with E-state index in [1.807, 2.05) is 13.0 Å². The van der Waals surface area contributed by atoms with Crippen LogP contribution in [0.25, 0.3) is 0 Å². The lowest BCUT2D eigenvalue weighted by molar-refractivity contribution is 0.0938. The molecule has 0 aliphatic rings. The molecular weight excluding hydrogens is 322 g/mol. The SMILES string of the molecule is CCCCCC(C)(C)CNC(=O)c1cc(C)c(Br)s1. The third-order valence-electron chi connectivity index (χ3n) is 3.27. The number of nitrogens with one attached hydrogen (secondary N) is 1. The van der Waals surface area contributed by atoms with E-state index in [4.69, 9.17) is 0 Å². The van der Waals surface area contributed by atoms with Gasteiger partial charge in [-0.15, -0.1) is 11.3 Å². The van der Waals surface area contributed by atoms with Crippen molar-refractivity contribution >= 4 is 33.2 Å². The van der Waals surface area contributed by atoms with Crippen LogP contribution in [0.3, 0.4) is 0 Å². The van der Waals surface area contributed by atoms with E-state index in [1.54, 1.807) is 0 Å². The Balaban J connectivity index is 2.45. The highest BCUT2D eigenvalue weighted by atomic mass is 79.9. The van der Waals surface area contributed by atoms with Gasteiger partial charge in [0.2, 0.25) is 0 Å². The highest BCUT2D eigenvalue weighted by Crippen LogP contribution is 2.28. The highest BCUT2D eigenvalue weighted by Gasteiger charge is 2.19. The zero-order valence-electron chi connectivity index (χ0n) is 12.3. The monoisotopic (exact) mass is 345 g/mol. The molecule has 1 aromatic rings. The first-order valence-electron chi connectivity index (χ1n) is 6.90. The van der Waals surface area contributed by atoms with Crippen molar-refractivity contribution in [2.75, 3.05) is 6.54 Å². The summed E-state index contributed by atoms with van der Waals surface area (Å²) in [4.78, 5) is 12.9. The van der Waals surface area contributed by atoms with E-state index >= 15 is 0 Å². The first-order chi connectivity index (χ1) is 8.85. The lowest BCUT2D eigenvalue weighted by Gasteiger charge is -2.24. The van der Waals surface area contributed by atoms with Gasteiger partial charge < -0.3 is 5.32 Å². The van der Waals surface area contributed by atoms with Gasteiger partial charge in [-0.3, -0.25) is 4.79 Å². The van der Waals surface area contributed by atoms with E-state index in [2.05, 4.69) is 42.0 Å². The molecule has 0 aliphatic carbocycles. The molecular formula is C15H24BrNOS. The first-order valence-corrected chi connectivity index (χ1v) is 8.51. The zero-order valence-corrected chi connectivity index (χ0v) is 14.7. The molecule has 108 valence electrons. The summed E-state index contributed by atoms with van der Waals surface area (Å²) in [6.45, 7) is 9.40. The molecule has 0 aliphatic heterocycles. The first kappa shape index (κ1) is 16.7. The summed E-state index contributed by atoms with van der Waals surface area (Å²) in [6.07, 6.45) is 4.91. The van der Waals surface area contributed by atoms with Crippen LogP contribution in [0.5, 0.6) is 0 Å². The van der Waals surface area contributed by atoms with Crippen molar-refractivity contribution in [2.45, 2.75) is 53.4 Å². The van der Waals surface area contributed by atoms with Gasteiger partial charge in [0.1, 0.15) is 0 Å². The number of carbonyl (C=O) groups excluding carboxylic acids is 1. The molecule has 0 unspecified atom stereocenters. The minimum absolute atomic E-state index is 0.0439. The second-order valence-electron chi connectivity index (χ2n) is 5.87. The lowest BCUT2D eigenvalue weighted by atomic mass is 9.87. The van der Waals surface area contributed by atoms with Gasteiger partial charge in [-0.1, -0.05) is 40.0 Å². The van der Waals surface area contributed by atoms with E-state index in [-0.39, 0.29) is 11.3 Å². The quantitative estimate of drug-likeness (QED) is 0.679. The predicted molar refractivity (Wildman–Crippen MR) is 87.0 cm³/mol. The smallest absolute Gasteiger partial charge is 0.261 e. The molecule has 0 aromatic carbocycles. The molecule has 1 amide bonds. The molecule has 0 spiro atoms. The molecule has 0 saturated heterocycles. The van der Waals surface area contributed by atoms with Crippen LogP contribution in [0.2, 0.25) is 0 Å². The van der Waals surface area contributed by atoms with Crippen molar-refractivity contribution in [2.24, 2.45) is 5.41 Å². The van der Waals surface area contributed by atoms with Crippen molar-refractivity contribution in [3.05, 3.63) is 20.3 Å². The third-order valence-corrected chi connectivity index (χ3v) is 5.40. The predicted octanol–water partition coefficient (Wildman–Crippen LogP) is 5.16. The van der Waals surface area contributed by atoms with Gasteiger partial charge in [0.15, 0.2) is 0 Å². The maximum Gasteiger partial charge on any atom is 0.261 e. The number of thiophene rings is 1. The van der Waals surface area contributed by atoms with Crippen LogP contribution in [0, 0.1) is 12.3 Å². The van der Waals surface area contributed by atoms with Crippen LogP contribution in [0.1, 0.15) is 61.7 Å².